The number of hydrogen-bond donors (Lipinski definition) is 2. The fourth-order valence-electron chi connectivity index (χ4n) is 3.52. The minimum absolute atomic E-state index is 0.00368. The molecule has 9 heteroatoms. The van der Waals surface area contributed by atoms with Crippen LogP contribution in [-0.2, 0) is 26.2 Å². The third kappa shape index (κ3) is 4.65. The van der Waals surface area contributed by atoms with Gasteiger partial charge in [-0.3, -0.25) is 10.0 Å². The molecule has 3 rings (SSSR count). The number of nitrogens with zero attached hydrogens (tertiary/aromatic N) is 1. The van der Waals surface area contributed by atoms with Crippen LogP contribution >= 0.6 is 0 Å². The lowest BCUT2D eigenvalue weighted by atomic mass is 10.1. The van der Waals surface area contributed by atoms with E-state index in [0.717, 1.165) is 15.4 Å². The Morgan fingerprint density at radius 3 is 2.50 bits per heavy atom. The van der Waals surface area contributed by atoms with Crippen molar-refractivity contribution in [3.63, 3.8) is 0 Å². The first kappa shape index (κ1) is 22.2. The highest BCUT2D eigenvalue weighted by molar-refractivity contribution is 7.89. The zero-order valence-electron chi connectivity index (χ0n) is 17.1. The highest BCUT2D eigenvalue weighted by atomic mass is 32.2. The summed E-state index contributed by atoms with van der Waals surface area (Å²) in [6.07, 6.45) is -1.11. The Balaban J connectivity index is 1.79. The van der Waals surface area contributed by atoms with Gasteiger partial charge in [0.2, 0.25) is 10.0 Å². The van der Waals surface area contributed by atoms with Gasteiger partial charge in [0.05, 0.1) is 17.1 Å². The van der Waals surface area contributed by atoms with Crippen molar-refractivity contribution < 1.29 is 27.9 Å². The Kier molecular flexibility index (Phi) is 6.77. The quantitative estimate of drug-likeness (QED) is 0.534. The van der Waals surface area contributed by atoms with E-state index in [1.807, 2.05) is 31.2 Å². The number of hydroxylamine groups is 1. The van der Waals surface area contributed by atoms with Crippen LogP contribution in [0.15, 0.2) is 53.4 Å². The molecule has 8 nitrogen and oxygen atoms in total. The number of nitrogens with one attached hydrogen (secondary N) is 1. The highest BCUT2D eigenvalue weighted by Gasteiger charge is 2.44. The number of aryl methyl sites for hydroxylation is 1. The zero-order valence-corrected chi connectivity index (χ0v) is 17.9. The number of benzene rings is 2. The summed E-state index contributed by atoms with van der Waals surface area (Å²) >= 11 is 0. The molecule has 1 saturated heterocycles. The van der Waals surface area contributed by atoms with E-state index in [1.54, 1.807) is 26.0 Å². The number of carbonyl (C=O) groups excluding carboxylic acids is 1. The molecule has 0 bridgehead atoms. The highest BCUT2D eigenvalue weighted by Crippen LogP contribution is 2.27. The summed E-state index contributed by atoms with van der Waals surface area (Å²) in [5, 5.41) is 9.04. The lowest BCUT2D eigenvalue weighted by molar-refractivity contribution is -0.146. The van der Waals surface area contributed by atoms with Crippen molar-refractivity contribution >= 4 is 15.9 Å². The maximum absolute atomic E-state index is 13.2. The number of amides is 1. The van der Waals surface area contributed by atoms with Crippen molar-refractivity contribution in [2.75, 3.05) is 6.54 Å². The van der Waals surface area contributed by atoms with Gasteiger partial charge in [-0.2, -0.15) is 4.31 Å². The molecular formula is C21H26N2O6S. The summed E-state index contributed by atoms with van der Waals surface area (Å²) in [4.78, 5) is 12.1. The van der Waals surface area contributed by atoms with Gasteiger partial charge in [0.25, 0.3) is 5.91 Å². The summed E-state index contributed by atoms with van der Waals surface area (Å²) in [6, 6.07) is 12.7. The van der Waals surface area contributed by atoms with E-state index in [2.05, 4.69) is 0 Å². The maximum Gasteiger partial charge on any atom is 0.264 e. The van der Waals surface area contributed by atoms with Crippen LogP contribution in [0.5, 0.6) is 5.75 Å². The van der Waals surface area contributed by atoms with Crippen LogP contribution in [0.1, 0.15) is 25.0 Å². The summed E-state index contributed by atoms with van der Waals surface area (Å²) in [7, 11) is -4.00. The van der Waals surface area contributed by atoms with Crippen LogP contribution in [0.25, 0.3) is 0 Å². The number of carbonyl (C=O) groups is 1. The maximum atomic E-state index is 13.2. The minimum atomic E-state index is -4.00. The van der Waals surface area contributed by atoms with Crippen LogP contribution in [0.3, 0.4) is 0 Å². The van der Waals surface area contributed by atoms with Crippen molar-refractivity contribution in [2.45, 2.75) is 50.5 Å². The fraction of sp³-hybridized carbons (Fsp3) is 0.381. The summed E-state index contributed by atoms with van der Waals surface area (Å²) in [5.41, 5.74) is 3.69. The van der Waals surface area contributed by atoms with E-state index >= 15 is 0 Å². The molecular weight excluding hydrogens is 408 g/mol. The summed E-state index contributed by atoms with van der Waals surface area (Å²) in [5.74, 6) is -0.304. The van der Waals surface area contributed by atoms with Gasteiger partial charge in [-0.15, -0.1) is 0 Å². The number of rotatable bonds is 6. The Morgan fingerprint density at radius 1 is 1.20 bits per heavy atom. The van der Waals surface area contributed by atoms with Crippen molar-refractivity contribution in [2.24, 2.45) is 0 Å². The largest absolute Gasteiger partial charge is 0.489 e. The van der Waals surface area contributed by atoms with Crippen molar-refractivity contribution in [1.29, 1.82) is 0 Å². The van der Waals surface area contributed by atoms with Gasteiger partial charge >= 0.3 is 0 Å². The van der Waals surface area contributed by atoms with E-state index in [0.29, 0.717) is 12.4 Å². The molecule has 0 saturated carbocycles. The minimum Gasteiger partial charge on any atom is -0.489 e. The second kappa shape index (κ2) is 9.13. The van der Waals surface area contributed by atoms with Crippen LogP contribution in [0.4, 0.5) is 0 Å². The van der Waals surface area contributed by atoms with Crippen LogP contribution in [-0.4, -0.2) is 48.6 Å². The molecule has 2 aromatic rings. The van der Waals surface area contributed by atoms with Gasteiger partial charge in [-0.1, -0.05) is 24.3 Å². The molecule has 2 N–H and O–H groups in total. The molecule has 0 spiro atoms. The Morgan fingerprint density at radius 2 is 1.87 bits per heavy atom. The van der Waals surface area contributed by atoms with Crippen molar-refractivity contribution in [3.8, 4) is 5.75 Å². The molecule has 1 fully saturated rings. The number of hydrogen-bond acceptors (Lipinski definition) is 6. The van der Waals surface area contributed by atoms with E-state index in [9.17, 15) is 13.2 Å². The molecule has 30 heavy (non-hydrogen) atoms. The van der Waals surface area contributed by atoms with E-state index in [4.69, 9.17) is 14.7 Å². The first-order chi connectivity index (χ1) is 14.2. The van der Waals surface area contributed by atoms with Crippen LogP contribution in [0, 0.1) is 6.92 Å². The molecule has 1 aliphatic heterocycles. The molecule has 0 aromatic heterocycles. The first-order valence-corrected chi connectivity index (χ1v) is 11.1. The predicted molar refractivity (Wildman–Crippen MR) is 110 cm³/mol. The topological polar surface area (TPSA) is 105 Å². The second-order valence-corrected chi connectivity index (χ2v) is 9.22. The number of morpholine rings is 1. The molecule has 1 amide bonds. The van der Waals surface area contributed by atoms with Crippen LogP contribution in [0.2, 0.25) is 0 Å². The second-order valence-electron chi connectivity index (χ2n) is 7.33. The standard InChI is InChI=1S/C21H26N2O6S/c1-14-6-4-5-7-17(14)13-28-18-8-10-19(11-9-18)30(26,27)23-12-15(2)29-16(3)20(23)21(24)22-25/h4-11,15-16,20,25H,12-13H2,1-3H3,(H,22,24)/t15-,16-,20+/m0/s1. The Labute approximate surface area is 176 Å². The van der Waals surface area contributed by atoms with E-state index in [1.165, 1.54) is 17.6 Å². The molecule has 3 atom stereocenters. The molecule has 2 aromatic carbocycles. The van der Waals surface area contributed by atoms with E-state index < -0.39 is 34.2 Å². The molecule has 0 aliphatic carbocycles. The van der Waals surface area contributed by atoms with E-state index in [-0.39, 0.29) is 11.4 Å². The monoisotopic (exact) mass is 434 g/mol. The van der Waals surface area contributed by atoms with Gasteiger partial charge in [0.1, 0.15) is 18.4 Å². The predicted octanol–water partition coefficient (Wildman–Crippen LogP) is 2.25. The molecule has 0 unspecified atom stereocenters. The average Bonchev–Trinajstić information content (AvgIpc) is 2.72. The molecule has 1 heterocycles. The zero-order chi connectivity index (χ0) is 21.9. The molecule has 1 aliphatic rings. The van der Waals surface area contributed by atoms with Gasteiger partial charge in [-0.25, -0.2) is 13.9 Å². The van der Waals surface area contributed by atoms with Gasteiger partial charge < -0.3 is 9.47 Å². The SMILES string of the molecule is Cc1ccccc1COc1ccc(S(=O)(=O)N2C[C@H](C)O[C@@H](C)[C@@H]2C(=O)NO)cc1. The van der Waals surface area contributed by atoms with Crippen molar-refractivity contribution in [1.82, 2.24) is 9.79 Å². The van der Waals surface area contributed by atoms with Gasteiger partial charge in [0, 0.05) is 6.54 Å². The normalized spacial score (nSPS) is 22.5. The lowest BCUT2D eigenvalue weighted by Gasteiger charge is -2.40. The van der Waals surface area contributed by atoms with Gasteiger partial charge in [0.15, 0.2) is 0 Å². The van der Waals surface area contributed by atoms with Gasteiger partial charge in [-0.05, 0) is 56.2 Å². The summed E-state index contributed by atoms with van der Waals surface area (Å²) in [6.45, 7) is 5.69. The first-order valence-electron chi connectivity index (χ1n) is 9.62. The third-order valence-corrected chi connectivity index (χ3v) is 6.97. The smallest absolute Gasteiger partial charge is 0.264 e. The Bertz CT molecular complexity index is 993. The van der Waals surface area contributed by atoms with Crippen molar-refractivity contribution in [3.05, 3.63) is 59.7 Å². The lowest BCUT2D eigenvalue weighted by Crippen LogP contribution is -2.60. The molecule has 162 valence electrons. The summed E-state index contributed by atoms with van der Waals surface area (Å²) < 4.78 is 38.9. The van der Waals surface area contributed by atoms with Crippen LogP contribution < -0.4 is 10.2 Å². The molecule has 0 radical (unpaired) electrons. The third-order valence-electron chi connectivity index (χ3n) is 5.10. The Hall–Kier alpha value is -2.46. The fourth-order valence-corrected chi connectivity index (χ4v) is 5.24. The number of sulfonamides is 1. The number of ether oxygens (including phenoxy) is 2. The average molecular weight is 435 g/mol.